The molecule has 1 atom stereocenters. The first kappa shape index (κ1) is 15.5. The summed E-state index contributed by atoms with van der Waals surface area (Å²) < 4.78 is 0. The van der Waals surface area contributed by atoms with Gasteiger partial charge >= 0.3 is 0 Å². The van der Waals surface area contributed by atoms with Crippen LogP contribution in [-0.2, 0) is 4.79 Å². The molecule has 1 aliphatic heterocycles. The van der Waals surface area contributed by atoms with E-state index in [1.807, 2.05) is 18.2 Å². The maximum Gasteiger partial charge on any atom is 0.251 e. The monoisotopic (exact) mass is 289 g/mol. The minimum Gasteiger partial charge on any atom is -0.355 e. The zero-order valence-electron chi connectivity index (χ0n) is 12.2. The summed E-state index contributed by atoms with van der Waals surface area (Å²) in [6.07, 6.45) is 3.42. The van der Waals surface area contributed by atoms with Crippen molar-refractivity contribution in [2.45, 2.75) is 31.7 Å². The molecule has 114 valence electrons. The molecule has 5 heteroatoms. The highest BCUT2D eigenvalue weighted by Gasteiger charge is 2.14. The number of hydrogen-bond donors (Lipinski definition) is 3. The fourth-order valence-electron chi connectivity index (χ4n) is 2.40. The van der Waals surface area contributed by atoms with Crippen LogP contribution in [0.1, 0.15) is 36.0 Å². The molecule has 1 heterocycles. The molecule has 3 N–H and O–H groups in total. The van der Waals surface area contributed by atoms with Gasteiger partial charge in [-0.3, -0.25) is 9.59 Å². The Hall–Kier alpha value is -1.88. The molecular formula is C16H23N3O2. The van der Waals surface area contributed by atoms with Gasteiger partial charge in [0.1, 0.15) is 0 Å². The second kappa shape index (κ2) is 8.42. The number of carbonyl (C=O) groups is 2. The SMILES string of the molecule is O=C(CCCNC(=O)c1ccccc1)NCC1CCCN1. The van der Waals surface area contributed by atoms with Gasteiger partial charge in [-0.2, -0.15) is 0 Å². The molecule has 0 aromatic heterocycles. The lowest BCUT2D eigenvalue weighted by atomic mass is 10.2. The first-order chi connectivity index (χ1) is 10.3. The Kier molecular flexibility index (Phi) is 6.22. The Morgan fingerprint density at radius 1 is 1.19 bits per heavy atom. The second-order valence-corrected chi connectivity index (χ2v) is 5.32. The number of benzene rings is 1. The quantitative estimate of drug-likeness (QED) is 0.658. The first-order valence-electron chi connectivity index (χ1n) is 7.59. The summed E-state index contributed by atoms with van der Waals surface area (Å²) in [5.74, 6) is -0.0381. The third-order valence-electron chi connectivity index (χ3n) is 3.61. The van der Waals surface area contributed by atoms with E-state index in [9.17, 15) is 9.59 Å². The summed E-state index contributed by atoms with van der Waals surface area (Å²) >= 11 is 0. The molecule has 1 aromatic rings. The molecule has 0 aliphatic carbocycles. The molecule has 0 saturated carbocycles. The zero-order chi connectivity index (χ0) is 14.9. The molecule has 1 unspecified atom stereocenters. The van der Waals surface area contributed by atoms with Gasteiger partial charge in [0.15, 0.2) is 0 Å². The molecule has 0 bridgehead atoms. The van der Waals surface area contributed by atoms with Gasteiger partial charge in [0.25, 0.3) is 5.91 Å². The van der Waals surface area contributed by atoms with Gasteiger partial charge in [-0.05, 0) is 37.9 Å². The lowest BCUT2D eigenvalue weighted by Gasteiger charge is -2.11. The number of hydrogen-bond acceptors (Lipinski definition) is 3. The maximum absolute atomic E-state index is 11.8. The Balaban J connectivity index is 1.54. The first-order valence-corrected chi connectivity index (χ1v) is 7.59. The van der Waals surface area contributed by atoms with Gasteiger partial charge in [-0.25, -0.2) is 0 Å². The van der Waals surface area contributed by atoms with Crippen molar-refractivity contribution in [1.82, 2.24) is 16.0 Å². The molecule has 2 amide bonds. The van der Waals surface area contributed by atoms with Crippen molar-refractivity contribution < 1.29 is 9.59 Å². The summed E-state index contributed by atoms with van der Waals surface area (Å²) in [6, 6.07) is 9.51. The van der Waals surface area contributed by atoms with Crippen molar-refractivity contribution in [2.75, 3.05) is 19.6 Å². The van der Waals surface area contributed by atoms with Gasteiger partial charge in [0.05, 0.1) is 0 Å². The van der Waals surface area contributed by atoms with Crippen LogP contribution < -0.4 is 16.0 Å². The highest BCUT2D eigenvalue weighted by Crippen LogP contribution is 2.03. The summed E-state index contributed by atoms with van der Waals surface area (Å²) in [5.41, 5.74) is 0.647. The lowest BCUT2D eigenvalue weighted by Crippen LogP contribution is -2.37. The molecule has 21 heavy (non-hydrogen) atoms. The van der Waals surface area contributed by atoms with Crippen LogP contribution in [0.2, 0.25) is 0 Å². The fraction of sp³-hybridized carbons (Fsp3) is 0.500. The largest absolute Gasteiger partial charge is 0.355 e. The Morgan fingerprint density at radius 3 is 2.71 bits per heavy atom. The minimum atomic E-state index is -0.0915. The van der Waals surface area contributed by atoms with Crippen LogP contribution in [0.5, 0.6) is 0 Å². The Bertz CT molecular complexity index is 456. The third kappa shape index (κ3) is 5.55. The van der Waals surface area contributed by atoms with Gasteiger partial charge in [-0.15, -0.1) is 0 Å². The van der Waals surface area contributed by atoms with Crippen LogP contribution in [-0.4, -0.2) is 37.5 Å². The van der Waals surface area contributed by atoms with Crippen LogP contribution in [0, 0.1) is 0 Å². The van der Waals surface area contributed by atoms with E-state index < -0.39 is 0 Å². The van der Waals surface area contributed by atoms with Crippen LogP contribution in [0.4, 0.5) is 0 Å². The highest BCUT2D eigenvalue weighted by atomic mass is 16.2. The molecule has 1 aromatic carbocycles. The fourth-order valence-corrected chi connectivity index (χ4v) is 2.40. The predicted molar refractivity (Wildman–Crippen MR) is 82.0 cm³/mol. The van der Waals surface area contributed by atoms with Crippen LogP contribution in [0.3, 0.4) is 0 Å². The average Bonchev–Trinajstić information content (AvgIpc) is 3.03. The standard InChI is InChI=1S/C16H23N3O2/c20-15(19-12-14-8-4-10-17-14)9-5-11-18-16(21)13-6-2-1-3-7-13/h1-3,6-7,14,17H,4-5,8-12H2,(H,18,21)(H,19,20). The van der Waals surface area contributed by atoms with E-state index in [1.54, 1.807) is 12.1 Å². The lowest BCUT2D eigenvalue weighted by molar-refractivity contribution is -0.121. The maximum atomic E-state index is 11.8. The minimum absolute atomic E-state index is 0.0534. The van der Waals surface area contributed by atoms with Crippen molar-refractivity contribution in [2.24, 2.45) is 0 Å². The molecule has 5 nitrogen and oxygen atoms in total. The van der Waals surface area contributed by atoms with Gasteiger partial charge in [0.2, 0.25) is 5.91 Å². The number of carbonyl (C=O) groups excluding carboxylic acids is 2. The van der Waals surface area contributed by atoms with Gasteiger partial charge in [0, 0.05) is 31.1 Å². The molecule has 0 radical (unpaired) electrons. The predicted octanol–water partition coefficient (Wildman–Crippen LogP) is 1.06. The van der Waals surface area contributed by atoms with E-state index in [-0.39, 0.29) is 11.8 Å². The van der Waals surface area contributed by atoms with E-state index >= 15 is 0 Å². The zero-order valence-corrected chi connectivity index (χ0v) is 12.2. The summed E-state index contributed by atoms with van der Waals surface area (Å²) in [4.78, 5) is 23.4. The van der Waals surface area contributed by atoms with E-state index in [0.29, 0.717) is 37.5 Å². The third-order valence-corrected chi connectivity index (χ3v) is 3.61. The van der Waals surface area contributed by atoms with Crippen molar-refractivity contribution >= 4 is 11.8 Å². The summed E-state index contributed by atoms with van der Waals surface area (Å²) in [7, 11) is 0. The highest BCUT2D eigenvalue weighted by molar-refractivity contribution is 5.94. The van der Waals surface area contributed by atoms with E-state index in [0.717, 1.165) is 13.0 Å². The number of nitrogens with one attached hydrogen (secondary N) is 3. The smallest absolute Gasteiger partial charge is 0.251 e. The van der Waals surface area contributed by atoms with Crippen molar-refractivity contribution in [1.29, 1.82) is 0 Å². The van der Waals surface area contributed by atoms with Crippen LogP contribution in [0.25, 0.3) is 0 Å². The van der Waals surface area contributed by atoms with Crippen molar-refractivity contribution in [3.8, 4) is 0 Å². The molecule has 1 saturated heterocycles. The van der Waals surface area contributed by atoms with E-state index in [1.165, 1.54) is 6.42 Å². The normalized spacial score (nSPS) is 17.4. The number of amides is 2. The van der Waals surface area contributed by atoms with Gasteiger partial charge < -0.3 is 16.0 Å². The Labute approximate surface area is 125 Å². The van der Waals surface area contributed by atoms with Crippen LogP contribution >= 0.6 is 0 Å². The average molecular weight is 289 g/mol. The molecule has 2 rings (SSSR count). The molecule has 0 spiro atoms. The topological polar surface area (TPSA) is 70.2 Å². The molecular weight excluding hydrogens is 266 g/mol. The Morgan fingerprint density at radius 2 is 2.00 bits per heavy atom. The summed E-state index contributed by atoms with van der Waals surface area (Å²) in [5, 5.41) is 9.09. The molecule has 1 aliphatic rings. The van der Waals surface area contributed by atoms with E-state index in [4.69, 9.17) is 0 Å². The second-order valence-electron chi connectivity index (χ2n) is 5.32. The van der Waals surface area contributed by atoms with E-state index in [2.05, 4.69) is 16.0 Å². The van der Waals surface area contributed by atoms with Crippen molar-refractivity contribution in [3.63, 3.8) is 0 Å². The van der Waals surface area contributed by atoms with Crippen LogP contribution in [0.15, 0.2) is 30.3 Å². The summed E-state index contributed by atoms with van der Waals surface area (Å²) in [6.45, 7) is 2.27. The molecule has 1 fully saturated rings. The number of rotatable bonds is 7. The van der Waals surface area contributed by atoms with Crippen molar-refractivity contribution in [3.05, 3.63) is 35.9 Å². The van der Waals surface area contributed by atoms with Gasteiger partial charge in [-0.1, -0.05) is 18.2 Å².